The number of nitrogens with zero attached hydrogens (tertiary/aromatic N) is 1. The van der Waals surface area contributed by atoms with E-state index in [1.807, 2.05) is 31.2 Å². The van der Waals surface area contributed by atoms with Gasteiger partial charge < -0.3 is 19.9 Å². The van der Waals surface area contributed by atoms with Crippen molar-refractivity contribution < 1.29 is 24.2 Å². The van der Waals surface area contributed by atoms with Crippen LogP contribution in [0.15, 0.2) is 52.4 Å². The van der Waals surface area contributed by atoms with E-state index in [4.69, 9.17) is 14.6 Å². The first-order valence-electron chi connectivity index (χ1n) is 8.80. The highest BCUT2D eigenvalue weighted by atomic mass is 32.2. The highest BCUT2D eigenvalue weighted by molar-refractivity contribution is 8.18. The maximum Gasteiger partial charge on any atom is 0.344 e. The van der Waals surface area contributed by atoms with E-state index in [-0.39, 0.29) is 11.7 Å². The molecule has 1 aliphatic rings. The van der Waals surface area contributed by atoms with E-state index in [9.17, 15) is 9.59 Å². The van der Waals surface area contributed by atoms with Crippen LogP contribution in [0.3, 0.4) is 0 Å². The molecule has 0 radical (unpaired) electrons. The maximum atomic E-state index is 12.4. The van der Waals surface area contributed by atoms with Crippen molar-refractivity contribution in [1.82, 2.24) is 5.32 Å². The average molecular weight is 412 g/mol. The fraction of sp³-hybridized carbons (Fsp3) is 0.190. The van der Waals surface area contributed by atoms with Crippen molar-refractivity contribution in [3.8, 4) is 11.5 Å². The number of carbonyl (C=O) groups is 2. The Labute approximate surface area is 172 Å². The van der Waals surface area contributed by atoms with Crippen molar-refractivity contribution in [3.63, 3.8) is 0 Å². The third-order valence-electron chi connectivity index (χ3n) is 4.15. The normalized spacial score (nSPS) is 17.3. The van der Waals surface area contributed by atoms with Crippen molar-refractivity contribution in [2.45, 2.75) is 20.0 Å². The summed E-state index contributed by atoms with van der Waals surface area (Å²) in [4.78, 5) is 28.5. The number of aryl methyl sites for hydroxylation is 1. The first-order chi connectivity index (χ1) is 13.9. The molecule has 0 saturated carbocycles. The minimum Gasteiger partial charge on any atom is -0.493 e. The number of methoxy groups -OCH3 is 1. The number of aliphatic carboxylic acids is 1. The Morgan fingerprint density at radius 2 is 2.00 bits per heavy atom. The number of hydrogen-bond donors (Lipinski definition) is 2. The first-order valence-corrected chi connectivity index (χ1v) is 9.62. The molecule has 1 amide bonds. The van der Waals surface area contributed by atoms with Gasteiger partial charge in [0.15, 0.2) is 22.8 Å². The van der Waals surface area contributed by atoms with E-state index in [1.54, 1.807) is 24.3 Å². The minimum absolute atomic E-state index is 0.259. The topological polar surface area (TPSA) is 97.2 Å². The number of para-hydroxylation sites is 2. The predicted octanol–water partition coefficient (Wildman–Crippen LogP) is 3.75. The molecule has 1 saturated heterocycles. The Morgan fingerprint density at radius 1 is 1.24 bits per heavy atom. The number of carbonyl (C=O) groups excluding carboxylic acids is 1. The lowest BCUT2D eigenvalue weighted by atomic mass is 10.1. The van der Waals surface area contributed by atoms with E-state index in [2.05, 4.69) is 10.3 Å². The predicted molar refractivity (Wildman–Crippen MR) is 113 cm³/mol. The fourth-order valence-corrected chi connectivity index (χ4v) is 3.41. The van der Waals surface area contributed by atoms with Crippen LogP contribution in [0.4, 0.5) is 5.69 Å². The molecular formula is C21H20N2O5S. The standard InChI is InChI=1S/C21H20N2O5S/c1-12-7-4-5-9-15(12)22-21-23-19(24)17(29-21)11-14-8-6-10-16(27-3)18(14)28-13(2)20(25)26/h4-11,13H,1-3H3,(H,25,26)(H,22,23,24)/b17-11-/t13-/m1/s1. The monoisotopic (exact) mass is 412 g/mol. The van der Waals surface area contributed by atoms with Crippen molar-refractivity contribution in [1.29, 1.82) is 0 Å². The highest BCUT2D eigenvalue weighted by Gasteiger charge is 2.25. The molecule has 150 valence electrons. The van der Waals surface area contributed by atoms with Gasteiger partial charge in [-0.2, -0.15) is 0 Å². The third-order valence-corrected chi connectivity index (χ3v) is 5.06. The van der Waals surface area contributed by atoms with Crippen LogP contribution >= 0.6 is 11.8 Å². The summed E-state index contributed by atoms with van der Waals surface area (Å²) in [5, 5.41) is 12.4. The Hall–Kier alpha value is -3.26. The molecule has 1 fully saturated rings. The summed E-state index contributed by atoms with van der Waals surface area (Å²) in [7, 11) is 1.47. The Morgan fingerprint density at radius 3 is 2.69 bits per heavy atom. The van der Waals surface area contributed by atoms with E-state index in [0.717, 1.165) is 11.3 Å². The van der Waals surface area contributed by atoms with Crippen LogP contribution < -0.4 is 14.8 Å². The van der Waals surface area contributed by atoms with Gasteiger partial charge in [0.2, 0.25) is 0 Å². The van der Waals surface area contributed by atoms with Gasteiger partial charge in [0.05, 0.1) is 17.7 Å². The second-order valence-corrected chi connectivity index (χ2v) is 7.28. The number of amides is 1. The molecule has 0 bridgehead atoms. The number of carboxylic acid groups (broad SMARTS) is 1. The quantitative estimate of drug-likeness (QED) is 0.702. The van der Waals surface area contributed by atoms with Crippen LogP contribution in [-0.4, -0.2) is 35.4 Å². The maximum absolute atomic E-state index is 12.4. The van der Waals surface area contributed by atoms with Crippen LogP contribution in [0.5, 0.6) is 11.5 Å². The van der Waals surface area contributed by atoms with Gasteiger partial charge in [0.25, 0.3) is 5.91 Å². The zero-order valence-corrected chi connectivity index (χ0v) is 16.9. The SMILES string of the molecule is COc1cccc(/C=C2\SC(=Nc3ccccc3C)NC2=O)c1O[C@H](C)C(=O)O. The summed E-state index contributed by atoms with van der Waals surface area (Å²) < 4.78 is 10.9. The number of aliphatic imine (C=N–C) groups is 1. The minimum atomic E-state index is -1.10. The van der Waals surface area contributed by atoms with Crippen LogP contribution in [0.1, 0.15) is 18.1 Å². The molecule has 1 heterocycles. The number of thioether (sulfide) groups is 1. The zero-order chi connectivity index (χ0) is 21.0. The van der Waals surface area contributed by atoms with Crippen LogP contribution in [-0.2, 0) is 9.59 Å². The van der Waals surface area contributed by atoms with Crippen LogP contribution in [0, 0.1) is 6.92 Å². The molecule has 1 atom stereocenters. The molecule has 0 spiro atoms. The van der Waals surface area contributed by atoms with Gasteiger partial charge in [-0.1, -0.05) is 30.3 Å². The smallest absolute Gasteiger partial charge is 0.344 e. The number of hydrogen-bond acceptors (Lipinski definition) is 6. The van der Waals surface area contributed by atoms with E-state index >= 15 is 0 Å². The van der Waals surface area contributed by atoms with Gasteiger partial charge in [-0.05, 0) is 49.4 Å². The molecule has 0 unspecified atom stereocenters. The molecule has 7 nitrogen and oxygen atoms in total. The van der Waals surface area contributed by atoms with Gasteiger partial charge in [0, 0.05) is 5.56 Å². The molecule has 8 heteroatoms. The van der Waals surface area contributed by atoms with Gasteiger partial charge in [0.1, 0.15) is 0 Å². The van der Waals surface area contributed by atoms with Crippen molar-refractivity contribution in [2.75, 3.05) is 7.11 Å². The summed E-state index contributed by atoms with van der Waals surface area (Å²) >= 11 is 1.20. The number of benzene rings is 2. The Balaban J connectivity index is 1.93. The molecule has 0 aliphatic carbocycles. The average Bonchev–Trinajstić information content (AvgIpc) is 3.03. The molecule has 29 heavy (non-hydrogen) atoms. The Kier molecular flexibility index (Phi) is 6.23. The van der Waals surface area contributed by atoms with Crippen molar-refractivity contribution >= 4 is 40.6 Å². The van der Waals surface area contributed by atoms with E-state index < -0.39 is 12.1 Å². The summed E-state index contributed by atoms with van der Waals surface area (Å²) in [6.07, 6.45) is 0.555. The third kappa shape index (κ3) is 4.78. The first kappa shape index (κ1) is 20.5. The lowest BCUT2D eigenvalue weighted by Gasteiger charge is -2.16. The summed E-state index contributed by atoms with van der Waals surface area (Å²) in [6, 6.07) is 12.8. The second-order valence-electron chi connectivity index (χ2n) is 6.25. The van der Waals surface area contributed by atoms with Gasteiger partial charge in [-0.3, -0.25) is 4.79 Å². The van der Waals surface area contributed by atoms with Crippen LogP contribution in [0.2, 0.25) is 0 Å². The fourth-order valence-electron chi connectivity index (χ4n) is 2.58. The number of carboxylic acids is 1. The van der Waals surface area contributed by atoms with Gasteiger partial charge in [-0.25, -0.2) is 9.79 Å². The number of ether oxygens (including phenoxy) is 2. The van der Waals surface area contributed by atoms with Crippen molar-refractivity contribution in [2.24, 2.45) is 4.99 Å². The molecule has 2 aromatic rings. The number of nitrogens with one attached hydrogen (secondary N) is 1. The largest absolute Gasteiger partial charge is 0.493 e. The number of rotatable bonds is 6. The van der Waals surface area contributed by atoms with Crippen molar-refractivity contribution in [3.05, 3.63) is 58.5 Å². The molecular weight excluding hydrogens is 392 g/mol. The molecule has 1 aliphatic heterocycles. The lowest BCUT2D eigenvalue weighted by Crippen LogP contribution is -2.23. The highest BCUT2D eigenvalue weighted by Crippen LogP contribution is 2.36. The van der Waals surface area contributed by atoms with Crippen LogP contribution in [0.25, 0.3) is 6.08 Å². The zero-order valence-electron chi connectivity index (χ0n) is 16.1. The second kappa shape index (κ2) is 8.83. The molecule has 2 aromatic carbocycles. The Bertz CT molecular complexity index is 1020. The van der Waals surface area contributed by atoms with Gasteiger partial charge in [-0.15, -0.1) is 0 Å². The summed E-state index contributed by atoms with van der Waals surface area (Å²) in [5.74, 6) is -0.753. The van der Waals surface area contributed by atoms with E-state index in [0.29, 0.717) is 21.4 Å². The molecule has 2 N–H and O–H groups in total. The molecule has 3 rings (SSSR count). The summed E-state index contributed by atoms with van der Waals surface area (Å²) in [6.45, 7) is 3.37. The molecule has 0 aromatic heterocycles. The van der Waals surface area contributed by atoms with Gasteiger partial charge >= 0.3 is 5.97 Å². The lowest BCUT2D eigenvalue weighted by molar-refractivity contribution is -0.144. The summed E-state index contributed by atoms with van der Waals surface area (Å²) in [5.41, 5.74) is 2.31. The van der Waals surface area contributed by atoms with E-state index in [1.165, 1.54) is 25.8 Å². The number of amidine groups is 1.